The van der Waals surface area contributed by atoms with Crippen LogP contribution in [0.1, 0.15) is 43.0 Å². The number of benzene rings is 2. The second-order valence-electron chi connectivity index (χ2n) is 7.36. The largest absolute Gasteiger partial charge is 0.496 e. The van der Waals surface area contributed by atoms with Gasteiger partial charge in [0.1, 0.15) is 5.75 Å². The van der Waals surface area contributed by atoms with E-state index in [-0.39, 0.29) is 0 Å². The van der Waals surface area contributed by atoms with Crippen LogP contribution in [0.25, 0.3) is 16.9 Å². The van der Waals surface area contributed by atoms with Crippen LogP contribution in [-0.2, 0) is 19.3 Å². The van der Waals surface area contributed by atoms with Crippen LogP contribution in [0, 0.1) is 0 Å². The molecule has 0 bridgehead atoms. The molecule has 0 unspecified atom stereocenters. The zero-order valence-electron chi connectivity index (χ0n) is 16.8. The van der Waals surface area contributed by atoms with Gasteiger partial charge in [-0.15, -0.1) is 0 Å². The fourth-order valence-electron chi connectivity index (χ4n) is 4.13. The van der Waals surface area contributed by atoms with Gasteiger partial charge < -0.3 is 4.74 Å². The SMILES string of the molecule is CC=CCCc1cc(-c2c3c(nn2-c2ccccc2)CCCC3)ccc1OC. The van der Waals surface area contributed by atoms with Crippen molar-refractivity contribution in [1.29, 1.82) is 0 Å². The van der Waals surface area contributed by atoms with Crippen molar-refractivity contribution in [3.63, 3.8) is 0 Å². The molecule has 0 atom stereocenters. The van der Waals surface area contributed by atoms with Gasteiger partial charge in [-0.2, -0.15) is 5.10 Å². The molecule has 0 radical (unpaired) electrons. The number of ether oxygens (including phenoxy) is 1. The lowest BCUT2D eigenvalue weighted by Gasteiger charge is -2.15. The highest BCUT2D eigenvalue weighted by Crippen LogP contribution is 2.35. The van der Waals surface area contributed by atoms with Gasteiger partial charge in [0.2, 0.25) is 0 Å². The van der Waals surface area contributed by atoms with Crippen molar-refractivity contribution < 1.29 is 4.74 Å². The summed E-state index contributed by atoms with van der Waals surface area (Å²) in [5, 5.41) is 5.02. The van der Waals surface area contributed by atoms with E-state index in [0.717, 1.165) is 37.1 Å². The van der Waals surface area contributed by atoms with Crippen molar-refractivity contribution in [2.24, 2.45) is 0 Å². The van der Waals surface area contributed by atoms with Gasteiger partial charge in [-0.05, 0) is 81.3 Å². The molecule has 0 aliphatic heterocycles. The Hall–Kier alpha value is -2.81. The predicted molar refractivity (Wildman–Crippen MR) is 115 cm³/mol. The lowest BCUT2D eigenvalue weighted by Crippen LogP contribution is -2.02. The third-order valence-electron chi connectivity index (χ3n) is 5.53. The third kappa shape index (κ3) is 3.62. The number of aromatic nitrogens is 2. The first-order valence-electron chi connectivity index (χ1n) is 10.3. The predicted octanol–water partition coefficient (Wildman–Crippen LogP) is 5.94. The van der Waals surface area contributed by atoms with Crippen molar-refractivity contribution >= 4 is 0 Å². The number of rotatable bonds is 6. The van der Waals surface area contributed by atoms with Crippen LogP contribution in [0.15, 0.2) is 60.7 Å². The summed E-state index contributed by atoms with van der Waals surface area (Å²) in [6.07, 6.45) is 11.0. The molecule has 1 heterocycles. The molecule has 0 saturated carbocycles. The minimum atomic E-state index is 0.966. The number of allylic oxidation sites excluding steroid dienone is 2. The third-order valence-corrected chi connectivity index (χ3v) is 5.53. The molecule has 144 valence electrons. The van der Waals surface area contributed by atoms with Gasteiger partial charge >= 0.3 is 0 Å². The number of fused-ring (bicyclic) bond motifs is 1. The summed E-state index contributed by atoms with van der Waals surface area (Å²) in [5.41, 5.74) is 7.53. The number of hydrogen-bond acceptors (Lipinski definition) is 2. The summed E-state index contributed by atoms with van der Waals surface area (Å²) in [5.74, 6) is 0.966. The second kappa shape index (κ2) is 8.47. The zero-order valence-corrected chi connectivity index (χ0v) is 16.8. The van der Waals surface area contributed by atoms with Gasteiger partial charge in [0, 0.05) is 11.1 Å². The maximum atomic E-state index is 5.63. The van der Waals surface area contributed by atoms with E-state index >= 15 is 0 Å². The summed E-state index contributed by atoms with van der Waals surface area (Å²) in [6, 6.07) is 17.1. The van der Waals surface area contributed by atoms with E-state index in [4.69, 9.17) is 9.84 Å². The van der Waals surface area contributed by atoms with Gasteiger partial charge in [-0.1, -0.05) is 30.4 Å². The highest BCUT2D eigenvalue weighted by molar-refractivity contribution is 5.69. The Morgan fingerprint density at radius 1 is 1.07 bits per heavy atom. The number of aryl methyl sites for hydroxylation is 2. The highest BCUT2D eigenvalue weighted by atomic mass is 16.5. The molecule has 1 aliphatic carbocycles. The molecule has 0 fully saturated rings. The summed E-state index contributed by atoms with van der Waals surface area (Å²) >= 11 is 0. The average Bonchev–Trinajstić information content (AvgIpc) is 3.14. The Balaban J connectivity index is 1.84. The number of para-hydroxylation sites is 1. The van der Waals surface area contributed by atoms with E-state index < -0.39 is 0 Å². The minimum absolute atomic E-state index is 0.966. The van der Waals surface area contributed by atoms with Crippen molar-refractivity contribution in [1.82, 2.24) is 9.78 Å². The van der Waals surface area contributed by atoms with Crippen LogP contribution in [-0.4, -0.2) is 16.9 Å². The topological polar surface area (TPSA) is 27.1 Å². The molecular formula is C25H28N2O. The van der Waals surface area contributed by atoms with Crippen molar-refractivity contribution in [3.05, 3.63) is 77.5 Å². The van der Waals surface area contributed by atoms with Gasteiger partial charge in [-0.3, -0.25) is 0 Å². The first-order chi connectivity index (χ1) is 13.8. The quantitative estimate of drug-likeness (QED) is 0.501. The molecule has 3 aromatic rings. The lowest BCUT2D eigenvalue weighted by molar-refractivity contribution is 0.409. The Labute approximate surface area is 167 Å². The van der Waals surface area contributed by atoms with Crippen molar-refractivity contribution in [2.75, 3.05) is 7.11 Å². The smallest absolute Gasteiger partial charge is 0.122 e. The average molecular weight is 373 g/mol. The lowest BCUT2D eigenvalue weighted by atomic mass is 9.92. The van der Waals surface area contributed by atoms with Crippen LogP contribution >= 0.6 is 0 Å². The van der Waals surface area contributed by atoms with E-state index in [1.807, 2.05) is 0 Å². The van der Waals surface area contributed by atoms with Gasteiger partial charge in [0.15, 0.2) is 0 Å². The van der Waals surface area contributed by atoms with E-state index in [0.29, 0.717) is 0 Å². The first-order valence-corrected chi connectivity index (χ1v) is 10.3. The molecule has 3 heteroatoms. The fourth-order valence-corrected chi connectivity index (χ4v) is 4.13. The monoisotopic (exact) mass is 372 g/mol. The number of nitrogens with zero attached hydrogens (tertiary/aromatic N) is 2. The van der Waals surface area contributed by atoms with E-state index in [2.05, 4.69) is 72.3 Å². The molecule has 28 heavy (non-hydrogen) atoms. The normalized spacial score (nSPS) is 13.6. The molecule has 0 N–H and O–H groups in total. The maximum absolute atomic E-state index is 5.63. The summed E-state index contributed by atoms with van der Waals surface area (Å²) in [7, 11) is 1.75. The van der Waals surface area contributed by atoms with Crippen LogP contribution in [0.2, 0.25) is 0 Å². The standard InChI is InChI=1S/C25H28N2O/c1-3-4-6-11-19-18-20(16-17-24(19)28-2)25-22-14-9-10-15-23(22)26-27(25)21-12-7-5-8-13-21/h3-5,7-8,12-13,16-18H,6,9-11,14-15H2,1-2H3. The fraction of sp³-hybridized carbons (Fsp3) is 0.320. The molecule has 3 nitrogen and oxygen atoms in total. The molecule has 2 aromatic carbocycles. The zero-order chi connectivity index (χ0) is 19.3. The first kappa shape index (κ1) is 18.5. The van der Waals surface area contributed by atoms with E-state index in [1.54, 1.807) is 7.11 Å². The van der Waals surface area contributed by atoms with Gasteiger partial charge in [0.25, 0.3) is 0 Å². The molecule has 0 spiro atoms. The molecular weight excluding hydrogens is 344 g/mol. The van der Waals surface area contributed by atoms with Crippen LogP contribution in [0.4, 0.5) is 0 Å². The van der Waals surface area contributed by atoms with Crippen LogP contribution < -0.4 is 4.74 Å². The maximum Gasteiger partial charge on any atom is 0.122 e. The molecule has 0 amide bonds. The Morgan fingerprint density at radius 2 is 1.89 bits per heavy atom. The van der Waals surface area contributed by atoms with Crippen molar-refractivity contribution in [3.8, 4) is 22.7 Å². The van der Waals surface area contributed by atoms with Gasteiger partial charge in [-0.25, -0.2) is 4.68 Å². The number of methoxy groups -OCH3 is 1. The molecule has 1 aliphatic rings. The number of hydrogen-bond donors (Lipinski definition) is 0. The minimum Gasteiger partial charge on any atom is -0.496 e. The molecule has 4 rings (SSSR count). The van der Waals surface area contributed by atoms with E-state index in [1.165, 1.54) is 40.9 Å². The molecule has 1 aromatic heterocycles. The second-order valence-corrected chi connectivity index (χ2v) is 7.36. The highest BCUT2D eigenvalue weighted by Gasteiger charge is 2.23. The summed E-state index contributed by atoms with van der Waals surface area (Å²) < 4.78 is 7.78. The van der Waals surface area contributed by atoms with Crippen molar-refractivity contribution in [2.45, 2.75) is 45.4 Å². The summed E-state index contributed by atoms with van der Waals surface area (Å²) in [4.78, 5) is 0. The van der Waals surface area contributed by atoms with Crippen LogP contribution in [0.3, 0.4) is 0 Å². The van der Waals surface area contributed by atoms with Gasteiger partial charge in [0.05, 0.1) is 24.2 Å². The van der Waals surface area contributed by atoms with E-state index in [9.17, 15) is 0 Å². The Kier molecular flexibility index (Phi) is 5.61. The Morgan fingerprint density at radius 3 is 2.68 bits per heavy atom. The Bertz CT molecular complexity index is 970. The summed E-state index contributed by atoms with van der Waals surface area (Å²) in [6.45, 7) is 2.07. The molecule has 0 saturated heterocycles. The van der Waals surface area contributed by atoms with Crippen LogP contribution in [0.5, 0.6) is 5.75 Å².